The molecule has 1 heterocycles. The number of nitrogens with zero attached hydrogens (tertiary/aromatic N) is 2. The second-order valence-electron chi connectivity index (χ2n) is 6.87. The highest BCUT2D eigenvalue weighted by Crippen LogP contribution is 2.12. The average Bonchev–Trinajstić information content (AvgIpc) is 2.73. The molecule has 5 nitrogen and oxygen atoms in total. The highest BCUT2D eigenvalue weighted by molar-refractivity contribution is 5.94. The molecule has 0 aliphatic carbocycles. The highest BCUT2D eigenvalue weighted by Gasteiger charge is 2.24. The molecule has 0 spiro atoms. The summed E-state index contributed by atoms with van der Waals surface area (Å²) in [6, 6.07) is 17.7. The summed E-state index contributed by atoms with van der Waals surface area (Å²) in [7, 11) is 0. The normalized spacial score (nSPS) is 14.1. The smallest absolute Gasteiger partial charge is 0.317 e. The molecule has 1 fully saturated rings. The lowest BCUT2D eigenvalue weighted by atomic mass is 10.1. The molecule has 1 aliphatic heterocycles. The van der Waals surface area contributed by atoms with Gasteiger partial charge in [0.05, 0.1) is 0 Å². The van der Waals surface area contributed by atoms with Gasteiger partial charge in [-0.2, -0.15) is 0 Å². The quantitative estimate of drug-likeness (QED) is 0.884. The Morgan fingerprint density at radius 3 is 2.11 bits per heavy atom. The maximum absolute atomic E-state index is 12.7. The zero-order chi connectivity index (χ0) is 19.1. The molecule has 0 bridgehead atoms. The van der Waals surface area contributed by atoms with E-state index < -0.39 is 0 Å². The van der Waals surface area contributed by atoms with Crippen molar-refractivity contribution in [3.05, 3.63) is 71.3 Å². The Balaban J connectivity index is 1.47. The summed E-state index contributed by atoms with van der Waals surface area (Å²) in [5, 5.41) is 2.95. The SMILES string of the molecule is CCCc1ccc(C(=O)N2CCN(C(=O)NCc3ccccc3)CC2)cc1. The molecule has 0 saturated carbocycles. The number of hydrogen-bond acceptors (Lipinski definition) is 2. The van der Waals surface area contributed by atoms with Crippen molar-refractivity contribution >= 4 is 11.9 Å². The predicted octanol–water partition coefficient (Wildman–Crippen LogP) is 3.31. The third-order valence-electron chi connectivity index (χ3n) is 4.88. The molecule has 0 unspecified atom stereocenters. The topological polar surface area (TPSA) is 52.7 Å². The van der Waals surface area contributed by atoms with Gasteiger partial charge in [0.25, 0.3) is 5.91 Å². The Bertz CT molecular complexity index is 751. The second-order valence-corrected chi connectivity index (χ2v) is 6.87. The van der Waals surface area contributed by atoms with Gasteiger partial charge in [0.15, 0.2) is 0 Å². The minimum absolute atomic E-state index is 0.0439. The highest BCUT2D eigenvalue weighted by atomic mass is 16.2. The minimum Gasteiger partial charge on any atom is -0.335 e. The van der Waals surface area contributed by atoms with Crippen LogP contribution in [0.3, 0.4) is 0 Å². The maximum atomic E-state index is 12.7. The van der Waals surface area contributed by atoms with E-state index in [4.69, 9.17) is 0 Å². The number of hydrogen-bond donors (Lipinski definition) is 1. The molecule has 5 heteroatoms. The number of benzene rings is 2. The number of amides is 3. The molecule has 1 aliphatic rings. The van der Waals surface area contributed by atoms with Gasteiger partial charge in [-0.15, -0.1) is 0 Å². The van der Waals surface area contributed by atoms with Crippen molar-refractivity contribution < 1.29 is 9.59 Å². The summed E-state index contributed by atoms with van der Waals surface area (Å²) in [4.78, 5) is 28.6. The third-order valence-corrected chi connectivity index (χ3v) is 4.88. The number of carbonyl (C=O) groups is 2. The summed E-state index contributed by atoms with van der Waals surface area (Å²) in [6.45, 7) is 4.90. The summed E-state index contributed by atoms with van der Waals surface area (Å²) in [5.74, 6) is 0.0439. The minimum atomic E-state index is -0.0742. The monoisotopic (exact) mass is 365 g/mol. The average molecular weight is 365 g/mol. The zero-order valence-electron chi connectivity index (χ0n) is 15.9. The molecule has 142 valence electrons. The van der Waals surface area contributed by atoms with Crippen LogP contribution >= 0.6 is 0 Å². The largest absolute Gasteiger partial charge is 0.335 e. The van der Waals surface area contributed by atoms with E-state index in [1.165, 1.54) is 5.56 Å². The van der Waals surface area contributed by atoms with Crippen LogP contribution in [-0.4, -0.2) is 47.9 Å². The van der Waals surface area contributed by atoms with Gasteiger partial charge in [0.2, 0.25) is 0 Å². The van der Waals surface area contributed by atoms with Gasteiger partial charge in [0.1, 0.15) is 0 Å². The van der Waals surface area contributed by atoms with Crippen LogP contribution in [0.4, 0.5) is 4.79 Å². The zero-order valence-corrected chi connectivity index (χ0v) is 15.9. The molecule has 27 heavy (non-hydrogen) atoms. The van der Waals surface area contributed by atoms with E-state index in [2.05, 4.69) is 12.2 Å². The Hall–Kier alpha value is -2.82. The lowest BCUT2D eigenvalue weighted by Crippen LogP contribution is -2.53. The second kappa shape index (κ2) is 9.21. The predicted molar refractivity (Wildman–Crippen MR) is 107 cm³/mol. The first-order chi connectivity index (χ1) is 13.2. The standard InChI is InChI=1S/C22H27N3O2/c1-2-6-18-9-11-20(12-10-18)21(26)24-13-15-25(16-14-24)22(27)23-17-19-7-4-3-5-8-19/h3-5,7-12H,2,6,13-17H2,1H3,(H,23,27). The van der Waals surface area contributed by atoms with Crippen LogP contribution in [0.1, 0.15) is 34.8 Å². The molecule has 1 saturated heterocycles. The van der Waals surface area contributed by atoms with Gasteiger partial charge >= 0.3 is 6.03 Å². The lowest BCUT2D eigenvalue weighted by molar-refractivity contribution is 0.0665. The van der Waals surface area contributed by atoms with Crippen LogP contribution in [0, 0.1) is 0 Å². The van der Waals surface area contributed by atoms with Crippen molar-refractivity contribution in [3.63, 3.8) is 0 Å². The van der Waals surface area contributed by atoms with Crippen LogP contribution in [0.5, 0.6) is 0 Å². The van der Waals surface area contributed by atoms with Gasteiger partial charge in [-0.3, -0.25) is 4.79 Å². The van der Waals surface area contributed by atoms with E-state index >= 15 is 0 Å². The van der Waals surface area contributed by atoms with Crippen LogP contribution in [0.25, 0.3) is 0 Å². The van der Waals surface area contributed by atoms with Crippen LogP contribution in [0.15, 0.2) is 54.6 Å². The number of urea groups is 1. The van der Waals surface area contributed by atoms with Crippen LogP contribution in [0.2, 0.25) is 0 Å². The number of piperazine rings is 1. The fourth-order valence-corrected chi connectivity index (χ4v) is 3.28. The van der Waals surface area contributed by atoms with E-state index in [1.807, 2.05) is 59.5 Å². The molecule has 0 atom stereocenters. The van der Waals surface area contributed by atoms with Crippen LogP contribution in [-0.2, 0) is 13.0 Å². The molecular weight excluding hydrogens is 338 g/mol. The first-order valence-electron chi connectivity index (χ1n) is 9.62. The summed E-state index contributed by atoms with van der Waals surface area (Å²) >= 11 is 0. The fourth-order valence-electron chi connectivity index (χ4n) is 3.28. The molecule has 1 N–H and O–H groups in total. The fraction of sp³-hybridized carbons (Fsp3) is 0.364. The van der Waals surface area contributed by atoms with E-state index in [1.54, 1.807) is 4.90 Å². The first-order valence-corrected chi connectivity index (χ1v) is 9.62. The van der Waals surface area contributed by atoms with Crippen molar-refractivity contribution in [1.82, 2.24) is 15.1 Å². The van der Waals surface area contributed by atoms with E-state index in [-0.39, 0.29) is 11.9 Å². The number of carbonyl (C=O) groups excluding carboxylic acids is 2. The molecule has 0 radical (unpaired) electrons. The Kier molecular flexibility index (Phi) is 6.47. The van der Waals surface area contributed by atoms with E-state index in [0.717, 1.165) is 24.0 Å². The first kappa shape index (κ1) is 19.0. The lowest BCUT2D eigenvalue weighted by Gasteiger charge is -2.34. The van der Waals surface area contributed by atoms with Gasteiger partial charge in [-0.1, -0.05) is 55.8 Å². The molecular formula is C22H27N3O2. The van der Waals surface area contributed by atoms with Crippen molar-refractivity contribution in [3.8, 4) is 0 Å². The number of nitrogens with one attached hydrogen (secondary N) is 1. The van der Waals surface area contributed by atoms with E-state index in [9.17, 15) is 9.59 Å². The summed E-state index contributed by atoms with van der Waals surface area (Å²) in [5.41, 5.74) is 3.05. The number of rotatable bonds is 5. The van der Waals surface area contributed by atoms with Crippen LogP contribution < -0.4 is 5.32 Å². The van der Waals surface area contributed by atoms with Gasteiger partial charge in [-0.05, 0) is 29.7 Å². The molecule has 3 rings (SSSR count). The van der Waals surface area contributed by atoms with Gasteiger partial charge < -0.3 is 15.1 Å². The van der Waals surface area contributed by atoms with Crippen molar-refractivity contribution in [2.75, 3.05) is 26.2 Å². The molecule has 0 aromatic heterocycles. The Morgan fingerprint density at radius 1 is 0.852 bits per heavy atom. The summed E-state index contributed by atoms with van der Waals surface area (Å²) < 4.78 is 0. The van der Waals surface area contributed by atoms with Crippen molar-refractivity contribution in [2.45, 2.75) is 26.3 Å². The molecule has 3 amide bonds. The van der Waals surface area contributed by atoms with Gasteiger partial charge in [-0.25, -0.2) is 4.79 Å². The third kappa shape index (κ3) is 5.09. The van der Waals surface area contributed by atoms with Gasteiger partial charge in [0, 0.05) is 38.3 Å². The van der Waals surface area contributed by atoms with Crippen molar-refractivity contribution in [1.29, 1.82) is 0 Å². The molecule has 2 aromatic carbocycles. The molecule has 2 aromatic rings. The number of aryl methyl sites for hydroxylation is 1. The van der Waals surface area contributed by atoms with Crippen molar-refractivity contribution in [2.24, 2.45) is 0 Å². The maximum Gasteiger partial charge on any atom is 0.317 e. The Morgan fingerprint density at radius 2 is 1.48 bits per heavy atom. The van der Waals surface area contributed by atoms with E-state index in [0.29, 0.717) is 32.7 Å². The summed E-state index contributed by atoms with van der Waals surface area (Å²) in [6.07, 6.45) is 2.13. The Labute approximate surface area is 161 Å².